The Morgan fingerprint density at radius 2 is 1.95 bits per heavy atom. The van der Waals surface area contributed by atoms with Crippen LogP contribution in [-0.4, -0.2) is 29.9 Å². The molecule has 0 fully saturated rings. The molecule has 20 heavy (non-hydrogen) atoms. The highest BCUT2D eigenvalue weighted by molar-refractivity contribution is 6.19. The highest BCUT2D eigenvalue weighted by atomic mass is 16.5. The topological polar surface area (TPSA) is 55.8 Å². The first-order valence-corrected chi connectivity index (χ1v) is 6.60. The van der Waals surface area contributed by atoms with Gasteiger partial charge in [0.2, 0.25) is 11.7 Å². The number of ether oxygens (including phenoxy) is 2. The first-order chi connectivity index (χ1) is 9.70. The van der Waals surface area contributed by atoms with E-state index in [4.69, 9.17) is 9.47 Å². The second kappa shape index (κ2) is 5.00. The van der Waals surface area contributed by atoms with Crippen molar-refractivity contribution in [3.05, 3.63) is 46.8 Å². The van der Waals surface area contributed by atoms with E-state index in [9.17, 15) is 9.59 Å². The Kier molecular flexibility index (Phi) is 3.18. The van der Waals surface area contributed by atoms with Crippen LogP contribution in [0, 0.1) is 0 Å². The Morgan fingerprint density at radius 1 is 1.30 bits per heavy atom. The third-order valence-electron chi connectivity index (χ3n) is 3.44. The van der Waals surface area contributed by atoms with Gasteiger partial charge in [-0.3, -0.25) is 4.79 Å². The van der Waals surface area contributed by atoms with Crippen molar-refractivity contribution < 1.29 is 19.1 Å². The van der Waals surface area contributed by atoms with E-state index in [2.05, 4.69) is 0 Å². The van der Waals surface area contributed by atoms with E-state index in [1.807, 2.05) is 29.2 Å². The molecule has 0 N–H and O–H groups in total. The number of hydrogen-bond acceptors (Lipinski definition) is 5. The molecular weight excluding hydrogens is 258 g/mol. The number of benzene rings is 1. The molecule has 5 nitrogen and oxygen atoms in total. The van der Waals surface area contributed by atoms with Crippen LogP contribution < -0.4 is 0 Å². The van der Waals surface area contributed by atoms with Crippen molar-refractivity contribution in [2.75, 3.05) is 13.2 Å². The minimum Gasteiger partial charge on any atom is -0.470 e. The minimum atomic E-state index is -0.596. The average molecular weight is 273 g/mol. The molecule has 0 saturated carbocycles. The van der Waals surface area contributed by atoms with Crippen LogP contribution in [0.2, 0.25) is 0 Å². The van der Waals surface area contributed by atoms with Crippen molar-refractivity contribution in [1.82, 2.24) is 4.90 Å². The van der Waals surface area contributed by atoms with Gasteiger partial charge < -0.3 is 14.4 Å². The molecule has 0 aliphatic carbocycles. The van der Waals surface area contributed by atoms with Gasteiger partial charge in [0.05, 0.1) is 6.61 Å². The van der Waals surface area contributed by atoms with Gasteiger partial charge >= 0.3 is 5.97 Å². The van der Waals surface area contributed by atoms with Gasteiger partial charge in [0.15, 0.2) is 12.2 Å². The fourth-order valence-corrected chi connectivity index (χ4v) is 2.53. The molecule has 0 spiro atoms. The van der Waals surface area contributed by atoms with E-state index >= 15 is 0 Å². The standard InChI is InChI=1S/C15H15NO4/c1-2-19-15(18)13-12(17)9-20-14(13)16-7-10-5-3-4-6-11(10)8-16/h3-6H,2,7-9H2,1H3. The summed E-state index contributed by atoms with van der Waals surface area (Å²) >= 11 is 0. The number of ketones is 1. The molecule has 0 aromatic heterocycles. The zero-order chi connectivity index (χ0) is 14.1. The maximum absolute atomic E-state index is 11.9. The SMILES string of the molecule is CCOC(=O)C1=C(N2Cc3ccccc3C2)OCC1=O. The number of rotatable bonds is 3. The Hall–Kier alpha value is -2.30. The molecule has 5 heteroatoms. The molecule has 2 aliphatic heterocycles. The fraction of sp³-hybridized carbons (Fsp3) is 0.333. The largest absolute Gasteiger partial charge is 0.470 e. The number of hydrogen-bond donors (Lipinski definition) is 0. The lowest BCUT2D eigenvalue weighted by Crippen LogP contribution is -2.21. The summed E-state index contributed by atoms with van der Waals surface area (Å²) in [6, 6.07) is 8.03. The monoisotopic (exact) mass is 273 g/mol. The van der Waals surface area contributed by atoms with Gasteiger partial charge in [-0.15, -0.1) is 0 Å². The lowest BCUT2D eigenvalue weighted by molar-refractivity contribution is -0.139. The van der Waals surface area contributed by atoms with Gasteiger partial charge in [-0.25, -0.2) is 4.79 Å². The van der Waals surface area contributed by atoms with E-state index in [-0.39, 0.29) is 24.6 Å². The van der Waals surface area contributed by atoms with E-state index in [1.54, 1.807) is 6.92 Å². The lowest BCUT2D eigenvalue weighted by atomic mass is 10.1. The molecular formula is C15H15NO4. The lowest BCUT2D eigenvalue weighted by Gasteiger charge is -2.18. The second-order valence-corrected chi connectivity index (χ2v) is 4.74. The molecule has 0 radical (unpaired) electrons. The smallest absolute Gasteiger partial charge is 0.347 e. The second-order valence-electron chi connectivity index (χ2n) is 4.74. The predicted molar refractivity (Wildman–Crippen MR) is 70.3 cm³/mol. The third-order valence-corrected chi connectivity index (χ3v) is 3.44. The first-order valence-electron chi connectivity index (χ1n) is 6.60. The third kappa shape index (κ3) is 2.05. The van der Waals surface area contributed by atoms with Crippen molar-refractivity contribution in [3.8, 4) is 0 Å². The first kappa shape index (κ1) is 12.7. The Labute approximate surface area is 116 Å². The number of esters is 1. The number of fused-ring (bicyclic) bond motifs is 1. The van der Waals surface area contributed by atoms with Gasteiger partial charge in [0.25, 0.3) is 0 Å². The molecule has 0 amide bonds. The van der Waals surface area contributed by atoms with Crippen LogP contribution in [0.3, 0.4) is 0 Å². The molecule has 0 bridgehead atoms. The van der Waals surface area contributed by atoms with Crippen molar-refractivity contribution in [2.45, 2.75) is 20.0 Å². The zero-order valence-corrected chi connectivity index (χ0v) is 11.2. The maximum Gasteiger partial charge on any atom is 0.347 e. The van der Waals surface area contributed by atoms with Crippen LogP contribution in [0.1, 0.15) is 18.1 Å². The molecule has 2 aliphatic rings. The van der Waals surface area contributed by atoms with Crippen LogP contribution in [0.4, 0.5) is 0 Å². The molecule has 3 rings (SSSR count). The summed E-state index contributed by atoms with van der Waals surface area (Å²) in [6.07, 6.45) is 0. The Bertz CT molecular complexity index is 581. The molecule has 104 valence electrons. The van der Waals surface area contributed by atoms with Gasteiger partial charge in [-0.05, 0) is 18.1 Å². The molecule has 0 unspecified atom stereocenters. The van der Waals surface area contributed by atoms with Crippen molar-refractivity contribution in [1.29, 1.82) is 0 Å². The summed E-state index contributed by atoms with van der Waals surface area (Å²) in [7, 11) is 0. The van der Waals surface area contributed by atoms with Crippen LogP contribution >= 0.6 is 0 Å². The quantitative estimate of drug-likeness (QED) is 0.615. The average Bonchev–Trinajstić information content (AvgIpc) is 3.01. The van der Waals surface area contributed by atoms with Crippen LogP contribution in [-0.2, 0) is 32.2 Å². The number of carbonyl (C=O) groups excluding carboxylic acids is 2. The zero-order valence-electron chi connectivity index (χ0n) is 11.2. The summed E-state index contributed by atoms with van der Waals surface area (Å²) in [5.74, 6) is -0.556. The summed E-state index contributed by atoms with van der Waals surface area (Å²) in [4.78, 5) is 25.6. The molecule has 0 saturated heterocycles. The molecule has 1 aromatic rings. The van der Waals surface area contributed by atoms with Gasteiger partial charge in [0, 0.05) is 13.1 Å². The maximum atomic E-state index is 11.9. The van der Waals surface area contributed by atoms with E-state index in [0.29, 0.717) is 19.0 Å². The highest BCUT2D eigenvalue weighted by Gasteiger charge is 2.36. The van der Waals surface area contributed by atoms with Gasteiger partial charge in [-0.2, -0.15) is 0 Å². The molecule has 2 heterocycles. The van der Waals surface area contributed by atoms with E-state index in [0.717, 1.165) is 0 Å². The van der Waals surface area contributed by atoms with Gasteiger partial charge in [-0.1, -0.05) is 24.3 Å². The number of Topliss-reactive ketones (excluding diaryl/α,β-unsaturated/α-hetero) is 1. The van der Waals surface area contributed by atoms with Crippen molar-refractivity contribution >= 4 is 11.8 Å². The highest BCUT2D eigenvalue weighted by Crippen LogP contribution is 2.30. The molecule has 0 atom stereocenters. The van der Waals surface area contributed by atoms with E-state index in [1.165, 1.54) is 11.1 Å². The summed E-state index contributed by atoms with van der Waals surface area (Å²) in [5.41, 5.74) is 2.41. The van der Waals surface area contributed by atoms with Crippen LogP contribution in [0.15, 0.2) is 35.7 Å². The fourth-order valence-electron chi connectivity index (χ4n) is 2.53. The van der Waals surface area contributed by atoms with Crippen LogP contribution in [0.25, 0.3) is 0 Å². The normalized spacial score (nSPS) is 17.2. The van der Waals surface area contributed by atoms with Crippen molar-refractivity contribution in [3.63, 3.8) is 0 Å². The minimum absolute atomic E-state index is 0.0413. The predicted octanol–water partition coefficient (Wildman–Crippen LogP) is 1.38. The summed E-state index contributed by atoms with van der Waals surface area (Å²) < 4.78 is 10.4. The number of carbonyl (C=O) groups is 2. The molecule has 1 aromatic carbocycles. The van der Waals surface area contributed by atoms with Gasteiger partial charge in [0.1, 0.15) is 0 Å². The van der Waals surface area contributed by atoms with Crippen LogP contribution in [0.5, 0.6) is 0 Å². The summed E-state index contributed by atoms with van der Waals surface area (Å²) in [5, 5.41) is 0. The van der Waals surface area contributed by atoms with E-state index < -0.39 is 5.97 Å². The van der Waals surface area contributed by atoms with Crippen molar-refractivity contribution in [2.24, 2.45) is 0 Å². The Morgan fingerprint density at radius 3 is 2.55 bits per heavy atom. The summed E-state index contributed by atoms with van der Waals surface area (Å²) in [6.45, 7) is 3.15. The Balaban J connectivity index is 1.89. The number of nitrogens with zero attached hydrogens (tertiary/aromatic N) is 1.